The summed E-state index contributed by atoms with van der Waals surface area (Å²) in [6.07, 6.45) is -0.250. The van der Waals surface area contributed by atoms with Crippen molar-refractivity contribution >= 4 is 29.6 Å². The molecule has 3 atom stereocenters. The lowest BCUT2D eigenvalue weighted by Crippen LogP contribution is -2.64. The average molecular weight is 563 g/mol. The predicted molar refractivity (Wildman–Crippen MR) is 135 cm³/mol. The molecule has 2 aliphatic rings. The van der Waals surface area contributed by atoms with Gasteiger partial charge in [-0.05, 0) is 38.0 Å². The number of amides is 4. The van der Waals surface area contributed by atoms with Gasteiger partial charge >= 0.3 is 18.1 Å². The number of carbonyl (C=O) groups is 5. The molecule has 0 spiro atoms. The van der Waals surface area contributed by atoms with Crippen LogP contribution >= 0.6 is 0 Å². The lowest BCUT2D eigenvalue weighted by Gasteiger charge is -2.40. The van der Waals surface area contributed by atoms with Crippen LogP contribution in [0.15, 0.2) is 0 Å². The summed E-state index contributed by atoms with van der Waals surface area (Å²) >= 11 is 0. The third-order valence-electron chi connectivity index (χ3n) is 7.59. The Morgan fingerprint density at radius 2 is 1.56 bits per heavy atom. The molecule has 1 saturated heterocycles. The topological polar surface area (TPSA) is 136 Å². The van der Waals surface area contributed by atoms with Gasteiger partial charge in [0.05, 0.1) is 6.42 Å². The van der Waals surface area contributed by atoms with E-state index in [1.807, 2.05) is 5.32 Å². The van der Waals surface area contributed by atoms with Crippen LogP contribution in [0.1, 0.15) is 78.6 Å². The number of nitrogens with one attached hydrogen (secondary N) is 2. The smallest absolute Gasteiger partial charge is 0.471 e. The third kappa shape index (κ3) is 8.82. The Morgan fingerprint density at radius 3 is 2.05 bits per heavy atom. The molecule has 2 rings (SSSR count). The van der Waals surface area contributed by atoms with Crippen molar-refractivity contribution in [3.05, 3.63) is 0 Å². The van der Waals surface area contributed by atoms with Crippen molar-refractivity contribution < 1.29 is 42.3 Å². The lowest BCUT2D eigenvalue weighted by molar-refractivity contribution is -0.177. The summed E-state index contributed by atoms with van der Waals surface area (Å²) in [5, 5.41) is 13.7. The lowest BCUT2D eigenvalue weighted by atomic mass is 9.79. The highest BCUT2D eigenvalue weighted by molar-refractivity contribution is 5.97. The van der Waals surface area contributed by atoms with Gasteiger partial charge in [0.2, 0.25) is 17.7 Å². The fourth-order valence-electron chi connectivity index (χ4n) is 5.71. The van der Waals surface area contributed by atoms with Gasteiger partial charge in [-0.1, -0.05) is 46.0 Å². The van der Waals surface area contributed by atoms with Crippen LogP contribution in [-0.4, -0.2) is 88.4 Å². The molecule has 39 heavy (non-hydrogen) atoms. The van der Waals surface area contributed by atoms with E-state index in [0.717, 1.165) is 37.0 Å². The zero-order chi connectivity index (χ0) is 29.5. The Hall–Kier alpha value is -2.86. The molecule has 2 fully saturated rings. The minimum atomic E-state index is -5.21. The zero-order valence-corrected chi connectivity index (χ0v) is 23.1. The van der Waals surface area contributed by atoms with Crippen molar-refractivity contribution in [1.82, 2.24) is 20.4 Å². The molecule has 1 aliphatic carbocycles. The molecule has 0 aromatic rings. The number of aliphatic carboxylic acids is 1. The summed E-state index contributed by atoms with van der Waals surface area (Å²) in [5.41, 5.74) is -1.94. The minimum Gasteiger partial charge on any atom is -0.481 e. The van der Waals surface area contributed by atoms with E-state index in [1.165, 1.54) is 18.9 Å². The second-order valence-corrected chi connectivity index (χ2v) is 11.3. The van der Waals surface area contributed by atoms with Gasteiger partial charge in [-0.15, -0.1) is 0 Å². The SMILES string of the molecule is CC(C)[C@@H](C(=O)N[C@@H](CC(=O)O)C(=O)N1CCCC1)N(C)C(=O)C(C)(CC1CCCCC1)NC(=O)C(F)(F)F. The number of carbonyl (C=O) groups excluding carboxylic acids is 4. The number of alkyl halides is 3. The second-order valence-electron chi connectivity index (χ2n) is 11.3. The number of hydrogen-bond acceptors (Lipinski definition) is 5. The third-order valence-corrected chi connectivity index (χ3v) is 7.59. The first-order valence-corrected chi connectivity index (χ1v) is 13.5. The Morgan fingerprint density at radius 1 is 1.00 bits per heavy atom. The van der Waals surface area contributed by atoms with Gasteiger partial charge in [0.25, 0.3) is 0 Å². The molecule has 4 amide bonds. The molecule has 0 radical (unpaired) electrons. The van der Waals surface area contributed by atoms with Gasteiger partial charge in [-0.25, -0.2) is 0 Å². The van der Waals surface area contributed by atoms with Gasteiger partial charge in [-0.3, -0.25) is 24.0 Å². The minimum absolute atomic E-state index is 0.0283. The first-order valence-electron chi connectivity index (χ1n) is 13.5. The summed E-state index contributed by atoms with van der Waals surface area (Å²) < 4.78 is 39.6. The van der Waals surface area contributed by atoms with Crippen LogP contribution in [-0.2, 0) is 24.0 Å². The van der Waals surface area contributed by atoms with Crippen molar-refractivity contribution in [1.29, 1.82) is 0 Å². The number of likely N-dealkylation sites (N-methyl/N-ethyl adjacent to an activating group) is 1. The first kappa shape index (κ1) is 32.4. The molecule has 10 nitrogen and oxygen atoms in total. The largest absolute Gasteiger partial charge is 0.481 e. The molecule has 0 aromatic heterocycles. The van der Waals surface area contributed by atoms with E-state index in [1.54, 1.807) is 13.8 Å². The summed E-state index contributed by atoms with van der Waals surface area (Å²) in [4.78, 5) is 65.9. The van der Waals surface area contributed by atoms with Crippen LogP contribution in [0.3, 0.4) is 0 Å². The van der Waals surface area contributed by atoms with Crippen molar-refractivity contribution in [2.75, 3.05) is 20.1 Å². The summed E-state index contributed by atoms with van der Waals surface area (Å²) in [6, 6.07) is -2.61. The highest BCUT2D eigenvalue weighted by Crippen LogP contribution is 2.33. The average Bonchev–Trinajstić information content (AvgIpc) is 3.37. The standard InChI is InChI=1S/C26H41F3N4O6/c1-16(2)20(21(36)30-18(14-19(34)35)22(37)33-12-8-9-13-33)32(4)24(39)25(3,31-23(38)26(27,28)29)15-17-10-6-5-7-11-17/h16-18,20H,5-15H2,1-4H3,(H,30,36)(H,31,38)(H,34,35)/t18-,20-,25?/m0/s1. The molecule has 0 bridgehead atoms. The maximum Gasteiger partial charge on any atom is 0.471 e. The van der Waals surface area contributed by atoms with Crippen molar-refractivity contribution in [2.24, 2.45) is 11.8 Å². The van der Waals surface area contributed by atoms with Crippen molar-refractivity contribution in [3.63, 3.8) is 0 Å². The summed E-state index contributed by atoms with van der Waals surface area (Å²) in [6.45, 7) is 5.36. The zero-order valence-electron chi connectivity index (χ0n) is 23.1. The van der Waals surface area contributed by atoms with E-state index in [9.17, 15) is 42.3 Å². The van der Waals surface area contributed by atoms with Crippen LogP contribution in [0.25, 0.3) is 0 Å². The van der Waals surface area contributed by atoms with Crippen LogP contribution in [0, 0.1) is 11.8 Å². The molecule has 1 unspecified atom stereocenters. The maximum atomic E-state index is 13.8. The van der Waals surface area contributed by atoms with Crippen LogP contribution in [0.2, 0.25) is 0 Å². The van der Waals surface area contributed by atoms with Gasteiger partial charge in [0.15, 0.2) is 0 Å². The molecule has 0 aromatic carbocycles. The number of hydrogen-bond donors (Lipinski definition) is 3. The van der Waals surface area contributed by atoms with Crippen LogP contribution in [0.5, 0.6) is 0 Å². The summed E-state index contributed by atoms with van der Waals surface area (Å²) in [5.74, 6) is -6.40. The van der Waals surface area contributed by atoms with E-state index in [4.69, 9.17) is 0 Å². The van der Waals surface area contributed by atoms with Gasteiger partial charge < -0.3 is 25.5 Å². The molecule has 222 valence electrons. The van der Waals surface area contributed by atoms with Gasteiger partial charge in [-0.2, -0.15) is 13.2 Å². The highest BCUT2D eigenvalue weighted by atomic mass is 19.4. The molecular weight excluding hydrogens is 521 g/mol. The predicted octanol–water partition coefficient (Wildman–Crippen LogP) is 2.46. The van der Waals surface area contributed by atoms with E-state index < -0.39 is 65.7 Å². The Balaban J connectivity index is 2.31. The number of carboxylic acid groups (broad SMARTS) is 1. The Labute approximate surface area is 227 Å². The van der Waals surface area contributed by atoms with E-state index in [-0.39, 0.29) is 12.3 Å². The highest BCUT2D eigenvalue weighted by Gasteiger charge is 2.48. The molecule has 13 heteroatoms. The fraction of sp³-hybridized carbons (Fsp3) is 0.808. The normalized spacial score (nSPS) is 19.6. The molecular formula is C26H41F3N4O6. The molecule has 1 aliphatic heterocycles. The maximum absolute atomic E-state index is 13.8. The fourth-order valence-corrected chi connectivity index (χ4v) is 5.71. The van der Waals surface area contributed by atoms with Crippen molar-refractivity contribution in [3.8, 4) is 0 Å². The van der Waals surface area contributed by atoms with E-state index in [2.05, 4.69) is 5.32 Å². The van der Waals surface area contributed by atoms with E-state index in [0.29, 0.717) is 25.9 Å². The Bertz CT molecular complexity index is 916. The van der Waals surface area contributed by atoms with Gasteiger partial charge in [0, 0.05) is 20.1 Å². The first-order chi connectivity index (χ1) is 18.1. The van der Waals surface area contributed by atoms with Gasteiger partial charge in [0.1, 0.15) is 17.6 Å². The molecule has 3 N–H and O–H groups in total. The van der Waals surface area contributed by atoms with Crippen molar-refractivity contribution in [2.45, 2.75) is 102 Å². The number of likely N-dealkylation sites (tertiary alicyclic amines) is 1. The quantitative estimate of drug-likeness (QED) is 0.354. The van der Waals surface area contributed by atoms with E-state index >= 15 is 0 Å². The number of rotatable bonds is 11. The molecule has 1 saturated carbocycles. The summed E-state index contributed by atoms with van der Waals surface area (Å²) in [7, 11) is 1.26. The number of halogens is 3. The number of nitrogens with zero attached hydrogens (tertiary/aromatic N) is 2. The Kier molecular flexibility index (Phi) is 11.2. The van der Waals surface area contributed by atoms with Crippen LogP contribution < -0.4 is 10.6 Å². The molecule has 1 heterocycles. The monoisotopic (exact) mass is 562 g/mol. The van der Waals surface area contributed by atoms with Crippen LogP contribution in [0.4, 0.5) is 13.2 Å². The number of carboxylic acids is 1. The second kappa shape index (κ2) is 13.5.